The van der Waals surface area contributed by atoms with E-state index in [2.05, 4.69) is 55.2 Å². The Bertz CT molecular complexity index is 348. The lowest BCUT2D eigenvalue weighted by Gasteiger charge is -2.28. The van der Waals surface area contributed by atoms with Gasteiger partial charge < -0.3 is 5.32 Å². The predicted molar refractivity (Wildman–Crippen MR) is 66.6 cm³/mol. The number of rotatable bonds is 1. The molecule has 2 atom stereocenters. The zero-order valence-corrected chi connectivity index (χ0v) is 10.8. The van der Waals surface area contributed by atoms with Crippen LogP contribution in [-0.4, -0.2) is 22.9 Å². The summed E-state index contributed by atoms with van der Waals surface area (Å²) >= 11 is 0. The molecular formula is C13H23N3. The van der Waals surface area contributed by atoms with Crippen molar-refractivity contribution in [2.75, 3.05) is 13.1 Å². The van der Waals surface area contributed by atoms with Crippen LogP contribution in [0, 0.1) is 5.92 Å². The number of aromatic nitrogens is 2. The first-order valence-electron chi connectivity index (χ1n) is 6.24. The molecule has 0 amide bonds. The highest BCUT2D eigenvalue weighted by atomic mass is 15.3. The van der Waals surface area contributed by atoms with Gasteiger partial charge >= 0.3 is 0 Å². The van der Waals surface area contributed by atoms with Crippen molar-refractivity contribution in [2.45, 2.75) is 45.6 Å². The molecule has 0 spiro atoms. The maximum atomic E-state index is 4.49. The van der Waals surface area contributed by atoms with Crippen molar-refractivity contribution >= 4 is 0 Å². The van der Waals surface area contributed by atoms with Crippen LogP contribution in [0.15, 0.2) is 12.4 Å². The van der Waals surface area contributed by atoms with E-state index in [1.165, 1.54) is 12.0 Å². The molecule has 0 radical (unpaired) electrons. The van der Waals surface area contributed by atoms with E-state index < -0.39 is 0 Å². The Hall–Kier alpha value is -0.830. The largest absolute Gasteiger partial charge is 0.316 e. The van der Waals surface area contributed by atoms with Gasteiger partial charge in [-0.2, -0.15) is 5.10 Å². The molecule has 1 aromatic heterocycles. The summed E-state index contributed by atoms with van der Waals surface area (Å²) < 4.78 is 2.08. The molecule has 0 bridgehead atoms. The molecule has 0 aromatic carbocycles. The summed E-state index contributed by atoms with van der Waals surface area (Å²) in [4.78, 5) is 0. The molecule has 1 saturated heterocycles. The minimum absolute atomic E-state index is 0.0917. The molecule has 90 valence electrons. The lowest BCUT2D eigenvalue weighted by Crippen LogP contribution is -2.33. The molecule has 1 aliphatic heterocycles. The van der Waals surface area contributed by atoms with Crippen LogP contribution in [0.1, 0.15) is 45.6 Å². The number of hydrogen-bond donors (Lipinski definition) is 1. The van der Waals surface area contributed by atoms with Crippen LogP contribution >= 0.6 is 0 Å². The van der Waals surface area contributed by atoms with Crippen LogP contribution in [0.3, 0.4) is 0 Å². The Balaban J connectivity index is 2.18. The number of hydrogen-bond acceptors (Lipinski definition) is 2. The maximum absolute atomic E-state index is 4.49. The lowest BCUT2D eigenvalue weighted by molar-refractivity contribution is 0.342. The Labute approximate surface area is 98.2 Å². The minimum atomic E-state index is 0.0917. The highest BCUT2D eigenvalue weighted by Gasteiger charge is 2.25. The fraction of sp³-hybridized carbons (Fsp3) is 0.769. The zero-order valence-electron chi connectivity index (χ0n) is 10.8. The molecule has 2 heterocycles. The van der Waals surface area contributed by atoms with Gasteiger partial charge in [0.25, 0.3) is 0 Å². The molecule has 3 nitrogen and oxygen atoms in total. The molecule has 1 aromatic rings. The smallest absolute Gasteiger partial charge is 0.0543 e. The highest BCUT2D eigenvalue weighted by molar-refractivity contribution is 5.14. The van der Waals surface area contributed by atoms with Crippen LogP contribution in [0.5, 0.6) is 0 Å². The standard InChI is InChI=1S/C13H23N3/c1-10-7-14-6-5-12(10)11-8-15-16(9-11)13(2,3)4/h8-10,12,14H,5-7H2,1-4H3. The fourth-order valence-corrected chi connectivity index (χ4v) is 2.40. The van der Waals surface area contributed by atoms with Crippen LogP contribution < -0.4 is 5.32 Å². The number of nitrogens with zero attached hydrogens (tertiary/aromatic N) is 2. The van der Waals surface area contributed by atoms with Gasteiger partial charge in [-0.1, -0.05) is 6.92 Å². The second kappa shape index (κ2) is 4.21. The van der Waals surface area contributed by atoms with E-state index in [9.17, 15) is 0 Å². The Morgan fingerprint density at radius 2 is 2.19 bits per heavy atom. The first-order valence-corrected chi connectivity index (χ1v) is 6.24. The summed E-state index contributed by atoms with van der Waals surface area (Å²) in [5.74, 6) is 1.39. The van der Waals surface area contributed by atoms with E-state index in [4.69, 9.17) is 0 Å². The molecule has 1 N–H and O–H groups in total. The van der Waals surface area contributed by atoms with Crippen LogP contribution in [0.2, 0.25) is 0 Å². The third-order valence-corrected chi connectivity index (χ3v) is 3.50. The first-order chi connectivity index (χ1) is 7.48. The molecule has 1 fully saturated rings. The van der Waals surface area contributed by atoms with Crippen molar-refractivity contribution in [3.05, 3.63) is 18.0 Å². The van der Waals surface area contributed by atoms with Gasteiger partial charge in [0.15, 0.2) is 0 Å². The van der Waals surface area contributed by atoms with E-state index in [-0.39, 0.29) is 5.54 Å². The van der Waals surface area contributed by atoms with Crippen LogP contribution in [0.25, 0.3) is 0 Å². The van der Waals surface area contributed by atoms with Gasteiger partial charge in [0.1, 0.15) is 0 Å². The minimum Gasteiger partial charge on any atom is -0.316 e. The highest BCUT2D eigenvalue weighted by Crippen LogP contribution is 2.30. The average Bonchev–Trinajstić information content (AvgIpc) is 2.66. The number of nitrogens with one attached hydrogen (secondary N) is 1. The van der Waals surface area contributed by atoms with Gasteiger partial charge in [-0.25, -0.2) is 0 Å². The van der Waals surface area contributed by atoms with Gasteiger partial charge in [0.2, 0.25) is 0 Å². The second-order valence-corrected chi connectivity index (χ2v) is 5.97. The lowest BCUT2D eigenvalue weighted by atomic mass is 9.84. The van der Waals surface area contributed by atoms with Gasteiger partial charge in [0.05, 0.1) is 11.7 Å². The molecule has 0 aliphatic carbocycles. The molecule has 1 aliphatic rings. The third kappa shape index (κ3) is 2.29. The summed E-state index contributed by atoms with van der Waals surface area (Å²) in [5.41, 5.74) is 1.50. The van der Waals surface area contributed by atoms with Gasteiger partial charge in [-0.3, -0.25) is 4.68 Å². The van der Waals surface area contributed by atoms with E-state index in [0.29, 0.717) is 11.8 Å². The summed E-state index contributed by atoms with van der Waals surface area (Å²) in [6, 6.07) is 0. The van der Waals surface area contributed by atoms with E-state index >= 15 is 0 Å². The topological polar surface area (TPSA) is 29.9 Å². The van der Waals surface area contributed by atoms with Crippen LogP contribution in [-0.2, 0) is 5.54 Å². The summed E-state index contributed by atoms with van der Waals surface area (Å²) in [6.45, 7) is 11.2. The predicted octanol–water partition coefficient (Wildman–Crippen LogP) is 2.35. The van der Waals surface area contributed by atoms with Gasteiger partial charge in [-0.05, 0) is 57.7 Å². The van der Waals surface area contributed by atoms with E-state index in [0.717, 1.165) is 13.1 Å². The molecule has 16 heavy (non-hydrogen) atoms. The Morgan fingerprint density at radius 3 is 2.75 bits per heavy atom. The fourth-order valence-electron chi connectivity index (χ4n) is 2.40. The zero-order chi connectivity index (χ0) is 11.8. The second-order valence-electron chi connectivity index (χ2n) is 5.97. The third-order valence-electron chi connectivity index (χ3n) is 3.50. The van der Waals surface area contributed by atoms with E-state index in [1.807, 2.05) is 0 Å². The van der Waals surface area contributed by atoms with Crippen LogP contribution in [0.4, 0.5) is 0 Å². The summed E-state index contributed by atoms with van der Waals surface area (Å²) in [7, 11) is 0. The molecule has 2 rings (SSSR count). The summed E-state index contributed by atoms with van der Waals surface area (Å²) in [6.07, 6.45) is 5.52. The number of piperidine rings is 1. The van der Waals surface area contributed by atoms with E-state index in [1.54, 1.807) is 0 Å². The Kier molecular flexibility index (Phi) is 3.06. The van der Waals surface area contributed by atoms with Crippen molar-refractivity contribution in [1.82, 2.24) is 15.1 Å². The van der Waals surface area contributed by atoms with Crippen molar-refractivity contribution in [3.63, 3.8) is 0 Å². The van der Waals surface area contributed by atoms with Gasteiger partial charge in [0, 0.05) is 6.20 Å². The Morgan fingerprint density at radius 1 is 1.44 bits per heavy atom. The average molecular weight is 221 g/mol. The molecule has 3 heteroatoms. The first kappa shape index (κ1) is 11.6. The normalized spacial score (nSPS) is 27.0. The molecular weight excluding hydrogens is 198 g/mol. The molecule has 2 unspecified atom stereocenters. The quantitative estimate of drug-likeness (QED) is 0.789. The molecule has 0 saturated carbocycles. The monoisotopic (exact) mass is 221 g/mol. The maximum Gasteiger partial charge on any atom is 0.0543 e. The van der Waals surface area contributed by atoms with Crippen molar-refractivity contribution in [3.8, 4) is 0 Å². The van der Waals surface area contributed by atoms with Gasteiger partial charge in [-0.15, -0.1) is 0 Å². The van der Waals surface area contributed by atoms with Crippen molar-refractivity contribution < 1.29 is 0 Å². The summed E-state index contributed by atoms with van der Waals surface area (Å²) in [5, 5.41) is 7.94. The SMILES string of the molecule is CC1CNCCC1c1cnn(C(C)(C)C)c1. The van der Waals surface area contributed by atoms with Crippen molar-refractivity contribution in [1.29, 1.82) is 0 Å². The van der Waals surface area contributed by atoms with Crippen molar-refractivity contribution in [2.24, 2.45) is 5.92 Å².